The second-order valence-electron chi connectivity index (χ2n) is 3.13. The summed E-state index contributed by atoms with van der Waals surface area (Å²) in [6.45, 7) is -0.283. The van der Waals surface area contributed by atoms with Crippen molar-refractivity contribution in [3.63, 3.8) is 0 Å². The maximum absolute atomic E-state index is 11.6. The lowest BCUT2D eigenvalue weighted by molar-refractivity contribution is -0.114. The molecule has 0 bridgehead atoms. The van der Waals surface area contributed by atoms with Crippen LogP contribution >= 0.6 is 11.6 Å². The molecule has 0 unspecified atom stereocenters. The molecule has 6 heteroatoms. The first-order valence-corrected chi connectivity index (χ1v) is 5.25. The normalized spacial score (nSPS) is 11.2. The van der Waals surface area contributed by atoms with Crippen molar-refractivity contribution in [1.82, 2.24) is 5.32 Å². The van der Waals surface area contributed by atoms with E-state index in [2.05, 4.69) is 15.3 Å². The minimum Gasteiger partial charge on any atom is -0.398 e. The average molecular weight is 257 g/mol. The molecule has 92 valence electrons. The molecule has 0 aromatic heterocycles. The summed E-state index contributed by atoms with van der Waals surface area (Å²) < 4.78 is 0. The molecule has 0 saturated heterocycles. The molecule has 0 saturated carbocycles. The van der Waals surface area contributed by atoms with Gasteiger partial charge in [-0.05, 0) is 6.07 Å². The molecule has 0 aliphatic heterocycles. The summed E-state index contributed by atoms with van der Waals surface area (Å²) in [5.41, 5.74) is 0.955. The molecule has 17 heavy (non-hydrogen) atoms. The molecular formula is C11H13ClN2O3. The van der Waals surface area contributed by atoms with Gasteiger partial charge in [0.25, 0.3) is 5.91 Å². The van der Waals surface area contributed by atoms with Gasteiger partial charge in [-0.2, -0.15) is 0 Å². The number of aliphatic hydroxyl groups is 1. The molecule has 0 aliphatic carbocycles. The highest BCUT2D eigenvalue weighted by Gasteiger charge is 2.18. The number of carbonyl (C=O) groups excluding carboxylic acids is 1. The highest BCUT2D eigenvalue weighted by molar-refractivity contribution is 6.46. The van der Waals surface area contributed by atoms with Gasteiger partial charge in [0.15, 0.2) is 5.71 Å². The zero-order chi connectivity index (χ0) is 12.8. The molecule has 5 nitrogen and oxygen atoms in total. The van der Waals surface area contributed by atoms with Crippen LogP contribution in [0.25, 0.3) is 0 Å². The monoisotopic (exact) mass is 256 g/mol. The molecule has 0 spiro atoms. The summed E-state index contributed by atoms with van der Waals surface area (Å²) in [7, 11) is 2.82. The molecule has 0 fully saturated rings. The lowest BCUT2D eigenvalue weighted by Crippen LogP contribution is -2.29. The van der Waals surface area contributed by atoms with Gasteiger partial charge in [-0.3, -0.25) is 4.79 Å². The second-order valence-corrected chi connectivity index (χ2v) is 3.53. The number of likely N-dealkylation sites (N-methyl/N-ethyl adjacent to an activating group) is 1. The second kappa shape index (κ2) is 6.22. The van der Waals surface area contributed by atoms with Crippen LogP contribution in [0, 0.1) is 0 Å². The number of aliphatic hydroxyl groups excluding tert-OH is 1. The van der Waals surface area contributed by atoms with E-state index in [0.717, 1.165) is 0 Å². The Labute approximate surface area is 104 Å². The van der Waals surface area contributed by atoms with Crippen LogP contribution in [0.1, 0.15) is 11.1 Å². The van der Waals surface area contributed by atoms with Gasteiger partial charge in [0.1, 0.15) is 7.11 Å². The number of halogens is 1. The predicted octanol–water partition coefficient (Wildman–Crippen LogP) is 0.929. The largest absolute Gasteiger partial charge is 0.398 e. The maximum Gasteiger partial charge on any atom is 0.273 e. The summed E-state index contributed by atoms with van der Waals surface area (Å²) in [5, 5.41) is 15.7. The Morgan fingerprint density at radius 3 is 2.82 bits per heavy atom. The van der Waals surface area contributed by atoms with Crippen LogP contribution in [0.5, 0.6) is 0 Å². The highest BCUT2D eigenvalue weighted by Crippen LogP contribution is 2.21. The Hall–Kier alpha value is -1.59. The van der Waals surface area contributed by atoms with E-state index in [0.29, 0.717) is 16.1 Å². The molecule has 1 rings (SSSR count). The fourth-order valence-electron chi connectivity index (χ4n) is 1.36. The first-order valence-electron chi connectivity index (χ1n) is 4.87. The van der Waals surface area contributed by atoms with Crippen LogP contribution in [0.2, 0.25) is 5.02 Å². The molecular weight excluding hydrogens is 244 g/mol. The van der Waals surface area contributed by atoms with Crippen LogP contribution in [0.4, 0.5) is 0 Å². The van der Waals surface area contributed by atoms with Crippen molar-refractivity contribution in [2.24, 2.45) is 5.16 Å². The summed E-state index contributed by atoms with van der Waals surface area (Å²) in [6.07, 6.45) is 0. The van der Waals surface area contributed by atoms with Gasteiger partial charge in [0.2, 0.25) is 0 Å². The van der Waals surface area contributed by atoms with E-state index in [4.69, 9.17) is 11.6 Å². The van der Waals surface area contributed by atoms with Gasteiger partial charge >= 0.3 is 0 Å². The molecule has 1 aromatic rings. The van der Waals surface area contributed by atoms with Crippen LogP contribution in [0.3, 0.4) is 0 Å². The molecule has 1 aromatic carbocycles. The number of nitrogens with zero attached hydrogens (tertiary/aromatic N) is 1. The lowest BCUT2D eigenvalue weighted by atomic mass is 10.0. The van der Waals surface area contributed by atoms with Crippen molar-refractivity contribution in [2.75, 3.05) is 14.2 Å². The van der Waals surface area contributed by atoms with Gasteiger partial charge in [0.05, 0.1) is 6.61 Å². The van der Waals surface area contributed by atoms with Gasteiger partial charge in [-0.25, -0.2) is 0 Å². The Balaban J connectivity index is 3.33. The van der Waals surface area contributed by atoms with E-state index in [1.807, 2.05) is 0 Å². The Kier molecular flexibility index (Phi) is 4.93. The quantitative estimate of drug-likeness (QED) is 0.622. The summed E-state index contributed by atoms with van der Waals surface area (Å²) in [5.74, 6) is -0.413. The molecule has 0 aliphatic rings. The highest BCUT2D eigenvalue weighted by atomic mass is 35.5. The van der Waals surface area contributed by atoms with E-state index in [-0.39, 0.29) is 12.3 Å². The van der Waals surface area contributed by atoms with Crippen molar-refractivity contribution in [3.05, 3.63) is 34.3 Å². The number of benzene rings is 1. The van der Waals surface area contributed by atoms with Gasteiger partial charge in [-0.1, -0.05) is 28.9 Å². The molecule has 1 amide bonds. The SMILES string of the molecule is CNC(=O)/C(=N\OC)c1cccc(Cl)c1CO. The van der Waals surface area contributed by atoms with Gasteiger partial charge in [-0.15, -0.1) is 0 Å². The van der Waals surface area contributed by atoms with Crippen molar-refractivity contribution in [3.8, 4) is 0 Å². The number of rotatable bonds is 4. The maximum atomic E-state index is 11.6. The molecule has 2 N–H and O–H groups in total. The number of hydrogen-bond donors (Lipinski definition) is 2. The van der Waals surface area contributed by atoms with Crippen molar-refractivity contribution in [1.29, 1.82) is 0 Å². The van der Waals surface area contributed by atoms with Gasteiger partial charge in [0, 0.05) is 23.2 Å². The first kappa shape index (κ1) is 13.5. The number of amides is 1. The third kappa shape index (κ3) is 2.95. The third-order valence-corrected chi connectivity index (χ3v) is 2.51. The zero-order valence-electron chi connectivity index (χ0n) is 9.53. The van der Waals surface area contributed by atoms with E-state index in [1.54, 1.807) is 18.2 Å². The topological polar surface area (TPSA) is 70.9 Å². The number of carbonyl (C=O) groups is 1. The number of oxime groups is 1. The van der Waals surface area contributed by atoms with Crippen LogP contribution in [-0.4, -0.2) is 30.9 Å². The fraction of sp³-hybridized carbons (Fsp3) is 0.273. The summed E-state index contributed by atoms with van der Waals surface area (Å²) in [4.78, 5) is 16.3. The first-order chi connectivity index (χ1) is 8.15. The van der Waals surface area contributed by atoms with Crippen LogP contribution < -0.4 is 5.32 Å². The van der Waals surface area contributed by atoms with Crippen LogP contribution in [-0.2, 0) is 16.2 Å². The Morgan fingerprint density at radius 1 is 1.59 bits per heavy atom. The average Bonchev–Trinajstić information content (AvgIpc) is 2.34. The zero-order valence-corrected chi connectivity index (χ0v) is 10.3. The van der Waals surface area contributed by atoms with E-state index in [9.17, 15) is 9.90 Å². The summed E-state index contributed by atoms with van der Waals surface area (Å²) in [6, 6.07) is 4.94. The predicted molar refractivity (Wildman–Crippen MR) is 65.0 cm³/mol. The number of nitrogens with one attached hydrogen (secondary N) is 1. The molecule has 0 radical (unpaired) electrons. The van der Waals surface area contributed by atoms with Crippen LogP contribution in [0.15, 0.2) is 23.4 Å². The van der Waals surface area contributed by atoms with E-state index >= 15 is 0 Å². The smallest absolute Gasteiger partial charge is 0.273 e. The summed E-state index contributed by atoms with van der Waals surface area (Å²) >= 11 is 5.93. The minimum atomic E-state index is -0.413. The lowest BCUT2D eigenvalue weighted by Gasteiger charge is -2.10. The van der Waals surface area contributed by atoms with E-state index < -0.39 is 5.91 Å². The molecule has 0 atom stereocenters. The van der Waals surface area contributed by atoms with E-state index in [1.165, 1.54) is 14.2 Å². The fourth-order valence-corrected chi connectivity index (χ4v) is 1.60. The van der Waals surface area contributed by atoms with Crippen molar-refractivity contribution >= 4 is 23.2 Å². The Bertz CT molecular complexity index is 446. The van der Waals surface area contributed by atoms with Crippen molar-refractivity contribution < 1.29 is 14.7 Å². The Morgan fingerprint density at radius 2 is 2.29 bits per heavy atom. The third-order valence-electron chi connectivity index (χ3n) is 2.16. The van der Waals surface area contributed by atoms with Gasteiger partial charge < -0.3 is 15.3 Å². The number of hydrogen-bond acceptors (Lipinski definition) is 4. The molecule has 0 heterocycles. The standard InChI is InChI=1S/C11H13ClN2O3/c1-13-11(16)10(14-17-2)7-4-3-5-9(12)8(7)6-15/h3-5,15H,6H2,1-2H3,(H,13,16)/b14-10-. The van der Waals surface area contributed by atoms with Crippen molar-refractivity contribution in [2.45, 2.75) is 6.61 Å². The minimum absolute atomic E-state index is 0.0709.